The van der Waals surface area contributed by atoms with Gasteiger partial charge in [0.2, 0.25) is 0 Å². The maximum absolute atomic E-state index is 13.1. The van der Waals surface area contributed by atoms with E-state index in [2.05, 4.69) is 19.2 Å². The van der Waals surface area contributed by atoms with Gasteiger partial charge in [0.05, 0.1) is 5.60 Å². The fourth-order valence-electron chi connectivity index (χ4n) is 2.31. The van der Waals surface area contributed by atoms with Crippen LogP contribution in [0.15, 0.2) is 24.3 Å². The number of ether oxygens (including phenoxy) is 1. The van der Waals surface area contributed by atoms with E-state index in [-0.39, 0.29) is 11.4 Å². The Balaban J connectivity index is 1.99. The van der Waals surface area contributed by atoms with Crippen molar-refractivity contribution in [2.45, 2.75) is 44.8 Å². The van der Waals surface area contributed by atoms with Gasteiger partial charge in [-0.3, -0.25) is 0 Å². The Hall–Kier alpha value is -1.09. The average Bonchev–Trinajstić information content (AvgIpc) is 2.29. The molecule has 0 saturated carbocycles. The lowest BCUT2D eigenvalue weighted by molar-refractivity contribution is -0.0708. The fraction of sp³-hybridized carbons (Fsp3) is 0.571. The van der Waals surface area contributed by atoms with Crippen LogP contribution in [0.2, 0.25) is 0 Å². The Morgan fingerprint density at radius 3 is 3.06 bits per heavy atom. The molecule has 0 amide bonds. The summed E-state index contributed by atoms with van der Waals surface area (Å²) in [5, 5.41) is 3.39. The number of hydrogen-bond donors (Lipinski definition) is 1. The average molecular weight is 237 g/mol. The van der Waals surface area contributed by atoms with Crippen molar-refractivity contribution >= 4 is 5.69 Å². The molecule has 3 heteroatoms. The van der Waals surface area contributed by atoms with E-state index in [1.807, 2.05) is 6.07 Å². The molecular formula is C14H20FNO. The van der Waals surface area contributed by atoms with E-state index in [9.17, 15) is 4.39 Å². The zero-order valence-electron chi connectivity index (χ0n) is 10.5. The predicted octanol–water partition coefficient (Wildman–Crippen LogP) is 3.59. The third-order valence-electron chi connectivity index (χ3n) is 3.54. The van der Waals surface area contributed by atoms with Gasteiger partial charge in [0.1, 0.15) is 5.82 Å². The lowest BCUT2D eigenvalue weighted by Gasteiger charge is -2.38. The third-order valence-corrected chi connectivity index (χ3v) is 3.54. The van der Waals surface area contributed by atoms with E-state index in [1.165, 1.54) is 6.07 Å². The molecule has 0 aromatic heterocycles. The van der Waals surface area contributed by atoms with Crippen molar-refractivity contribution < 1.29 is 9.13 Å². The summed E-state index contributed by atoms with van der Waals surface area (Å²) < 4.78 is 18.9. The molecule has 2 nitrogen and oxygen atoms in total. The molecular weight excluding hydrogens is 217 g/mol. The molecule has 1 N–H and O–H groups in total. The van der Waals surface area contributed by atoms with Crippen LogP contribution in [0.1, 0.15) is 33.1 Å². The quantitative estimate of drug-likeness (QED) is 0.867. The predicted molar refractivity (Wildman–Crippen MR) is 67.7 cm³/mol. The van der Waals surface area contributed by atoms with Crippen LogP contribution in [0, 0.1) is 5.82 Å². The standard InChI is InChI=1S/C14H20FNO/c1-3-14(2)10-13(7-8-17-14)16-12-6-4-5-11(15)9-12/h4-6,9,13,16H,3,7-8,10H2,1-2H3. The molecule has 1 heterocycles. The number of nitrogens with one attached hydrogen (secondary N) is 1. The van der Waals surface area contributed by atoms with Crippen molar-refractivity contribution in [3.05, 3.63) is 30.1 Å². The van der Waals surface area contributed by atoms with Gasteiger partial charge in [0, 0.05) is 18.3 Å². The van der Waals surface area contributed by atoms with E-state index in [1.54, 1.807) is 12.1 Å². The maximum Gasteiger partial charge on any atom is 0.125 e. The zero-order chi connectivity index (χ0) is 12.3. The van der Waals surface area contributed by atoms with E-state index in [0.29, 0.717) is 6.04 Å². The van der Waals surface area contributed by atoms with E-state index in [4.69, 9.17) is 4.74 Å². The molecule has 1 aliphatic heterocycles. The number of hydrogen-bond acceptors (Lipinski definition) is 2. The maximum atomic E-state index is 13.1. The largest absolute Gasteiger partial charge is 0.382 e. The van der Waals surface area contributed by atoms with Crippen LogP contribution < -0.4 is 5.32 Å². The second-order valence-electron chi connectivity index (χ2n) is 5.00. The molecule has 0 radical (unpaired) electrons. The molecule has 1 aromatic carbocycles. The molecule has 1 aromatic rings. The number of halogens is 1. The van der Waals surface area contributed by atoms with Crippen LogP contribution in [-0.4, -0.2) is 18.2 Å². The molecule has 1 saturated heterocycles. The summed E-state index contributed by atoms with van der Waals surface area (Å²) in [5.74, 6) is -0.194. The van der Waals surface area contributed by atoms with Crippen molar-refractivity contribution in [3.8, 4) is 0 Å². The topological polar surface area (TPSA) is 21.3 Å². The van der Waals surface area contributed by atoms with Gasteiger partial charge in [-0.05, 0) is 44.4 Å². The lowest BCUT2D eigenvalue weighted by Crippen LogP contribution is -2.41. The Morgan fingerprint density at radius 1 is 1.53 bits per heavy atom. The molecule has 1 fully saturated rings. The van der Waals surface area contributed by atoms with Crippen LogP contribution in [0.5, 0.6) is 0 Å². The minimum atomic E-state index is -0.194. The van der Waals surface area contributed by atoms with Crippen LogP contribution in [0.4, 0.5) is 10.1 Å². The second-order valence-corrected chi connectivity index (χ2v) is 5.00. The highest BCUT2D eigenvalue weighted by atomic mass is 19.1. The third kappa shape index (κ3) is 3.19. The smallest absolute Gasteiger partial charge is 0.125 e. The van der Waals surface area contributed by atoms with E-state index in [0.717, 1.165) is 31.6 Å². The Labute approximate surface area is 102 Å². The summed E-state index contributed by atoms with van der Waals surface area (Å²) in [6, 6.07) is 7.01. The molecule has 2 atom stereocenters. The first kappa shape index (κ1) is 12.4. The van der Waals surface area contributed by atoms with Gasteiger partial charge in [-0.1, -0.05) is 13.0 Å². The fourth-order valence-corrected chi connectivity index (χ4v) is 2.31. The summed E-state index contributed by atoms with van der Waals surface area (Å²) in [6.45, 7) is 5.06. The molecule has 1 aliphatic rings. The molecule has 17 heavy (non-hydrogen) atoms. The van der Waals surface area contributed by atoms with Gasteiger partial charge in [0.15, 0.2) is 0 Å². The van der Waals surface area contributed by atoms with Gasteiger partial charge < -0.3 is 10.1 Å². The van der Waals surface area contributed by atoms with Gasteiger partial charge in [-0.15, -0.1) is 0 Å². The SMILES string of the molecule is CCC1(C)CC(Nc2cccc(F)c2)CCO1. The number of rotatable bonds is 3. The minimum Gasteiger partial charge on any atom is -0.382 e. The van der Waals surface area contributed by atoms with Crippen molar-refractivity contribution in [3.63, 3.8) is 0 Å². The van der Waals surface area contributed by atoms with Gasteiger partial charge in [-0.25, -0.2) is 4.39 Å². The van der Waals surface area contributed by atoms with Gasteiger partial charge >= 0.3 is 0 Å². The highest BCUT2D eigenvalue weighted by Crippen LogP contribution is 2.29. The summed E-state index contributed by atoms with van der Waals surface area (Å²) in [6.07, 6.45) is 2.96. The lowest BCUT2D eigenvalue weighted by atomic mass is 9.90. The molecule has 0 bridgehead atoms. The van der Waals surface area contributed by atoms with Crippen molar-refractivity contribution in [2.75, 3.05) is 11.9 Å². The van der Waals surface area contributed by atoms with Crippen molar-refractivity contribution in [1.82, 2.24) is 0 Å². The first-order valence-electron chi connectivity index (χ1n) is 6.27. The Bertz CT molecular complexity index is 382. The Morgan fingerprint density at radius 2 is 2.35 bits per heavy atom. The highest BCUT2D eigenvalue weighted by molar-refractivity contribution is 5.44. The van der Waals surface area contributed by atoms with Crippen LogP contribution in [0.25, 0.3) is 0 Å². The minimum absolute atomic E-state index is 0.0385. The first-order chi connectivity index (χ1) is 8.11. The van der Waals surface area contributed by atoms with Crippen LogP contribution in [-0.2, 0) is 4.74 Å². The van der Waals surface area contributed by atoms with E-state index < -0.39 is 0 Å². The normalized spacial score (nSPS) is 29.0. The van der Waals surface area contributed by atoms with Crippen LogP contribution >= 0.6 is 0 Å². The summed E-state index contributed by atoms with van der Waals surface area (Å²) in [5.41, 5.74) is 0.818. The molecule has 2 unspecified atom stereocenters. The summed E-state index contributed by atoms with van der Waals surface area (Å²) in [7, 11) is 0. The molecule has 0 spiro atoms. The number of benzene rings is 1. The van der Waals surface area contributed by atoms with Gasteiger partial charge in [0.25, 0.3) is 0 Å². The highest BCUT2D eigenvalue weighted by Gasteiger charge is 2.31. The van der Waals surface area contributed by atoms with Crippen LogP contribution in [0.3, 0.4) is 0 Å². The second kappa shape index (κ2) is 5.05. The van der Waals surface area contributed by atoms with Gasteiger partial charge in [-0.2, -0.15) is 0 Å². The summed E-state index contributed by atoms with van der Waals surface area (Å²) >= 11 is 0. The monoisotopic (exact) mass is 237 g/mol. The number of anilines is 1. The molecule has 94 valence electrons. The molecule has 0 aliphatic carbocycles. The summed E-state index contributed by atoms with van der Waals surface area (Å²) in [4.78, 5) is 0. The van der Waals surface area contributed by atoms with E-state index >= 15 is 0 Å². The first-order valence-corrected chi connectivity index (χ1v) is 6.27. The van der Waals surface area contributed by atoms with Crippen molar-refractivity contribution in [1.29, 1.82) is 0 Å². The van der Waals surface area contributed by atoms with Crippen molar-refractivity contribution in [2.24, 2.45) is 0 Å². The Kier molecular flexibility index (Phi) is 3.67. The molecule has 2 rings (SSSR count). The zero-order valence-corrected chi connectivity index (χ0v) is 10.5.